The minimum Gasteiger partial charge on any atom is -0.192 e. The molecule has 0 saturated heterocycles. The molecular weight excluding hydrogens is 518 g/mol. The molecule has 5 heteroatoms. The molecule has 2 fully saturated rings. The Morgan fingerprint density at radius 3 is 1.03 bits per heavy atom. The zero-order chi connectivity index (χ0) is 28.6. The molecule has 4 aromatic carbocycles. The van der Waals surface area contributed by atoms with Crippen LogP contribution in [0, 0.1) is 29.6 Å². The van der Waals surface area contributed by atoms with Gasteiger partial charge in [-0.1, -0.05) is 158 Å². The lowest BCUT2D eigenvalue weighted by Crippen LogP contribution is -2.36. The van der Waals surface area contributed by atoms with Crippen molar-refractivity contribution in [1.29, 1.82) is 10.5 Å². The molecule has 2 aliphatic rings. The quantitative estimate of drug-likeness (QED) is 0.184. The zero-order valence-corrected chi connectivity index (χ0v) is 24.5. The Morgan fingerprint density at radius 2 is 0.795 bits per heavy atom. The number of halogens is 2. The molecule has 0 radical (unpaired) electrons. The Morgan fingerprint density at radius 1 is 0.513 bits per heavy atom. The van der Waals surface area contributed by atoms with Gasteiger partial charge in [-0.25, -0.2) is 0 Å². The normalized spacial score (nSPS) is 10.9. The average molecular weight is 555 g/mol. The Hall–Kier alpha value is -3.50. The number of benzene rings is 4. The van der Waals surface area contributed by atoms with Crippen molar-refractivity contribution >= 4 is 40.1 Å². The maximum Gasteiger partial charge on any atom is 0.315 e. The first kappa shape index (κ1) is 33.5. The molecule has 6 rings (SSSR count). The lowest BCUT2D eigenvalue weighted by Gasteiger charge is -2.05. The van der Waals surface area contributed by atoms with Crippen LogP contribution in [-0.2, 0) is 0 Å². The predicted molar refractivity (Wildman–Crippen MR) is 170 cm³/mol. The summed E-state index contributed by atoms with van der Waals surface area (Å²) in [5.74, 6) is 0. The predicted octanol–water partition coefficient (Wildman–Crippen LogP) is 8.65. The van der Waals surface area contributed by atoms with Gasteiger partial charge < -0.3 is 0 Å². The lowest BCUT2D eigenvalue weighted by molar-refractivity contribution is 1.43. The van der Waals surface area contributed by atoms with Crippen LogP contribution in [0.25, 0.3) is 0 Å². The van der Waals surface area contributed by atoms with E-state index in [-0.39, 0.29) is 6.13 Å². The van der Waals surface area contributed by atoms with Gasteiger partial charge in [-0.05, 0) is 19.1 Å². The van der Waals surface area contributed by atoms with E-state index < -0.39 is 0 Å². The molecule has 2 nitrogen and oxygen atoms in total. The molecular formula is C34H37BCl2N2. The fraction of sp³-hybridized carbons (Fsp3) is 0.235. The summed E-state index contributed by atoms with van der Waals surface area (Å²) < 4.78 is 0. The van der Waals surface area contributed by atoms with Crippen molar-refractivity contribution < 1.29 is 0 Å². The van der Waals surface area contributed by atoms with Crippen LogP contribution in [0.3, 0.4) is 0 Å². The summed E-state index contributed by atoms with van der Waals surface area (Å²) in [6.07, 6.45) is 10.4. The zero-order valence-electron chi connectivity index (χ0n) is 22.9. The Bertz CT molecular complexity index is 1130. The van der Waals surface area contributed by atoms with E-state index in [9.17, 15) is 0 Å². The minimum absolute atomic E-state index is 0.0441. The lowest BCUT2D eigenvalue weighted by atomic mass is 9.62. The molecule has 2 saturated carbocycles. The second-order valence-corrected chi connectivity index (χ2v) is 9.17. The Labute approximate surface area is 245 Å². The fourth-order valence-corrected chi connectivity index (χ4v) is 2.94. The molecule has 0 heterocycles. The van der Waals surface area contributed by atoms with Crippen LogP contribution in [0.4, 0.5) is 0 Å². The van der Waals surface area contributed by atoms with Gasteiger partial charge in [0.1, 0.15) is 12.1 Å². The van der Waals surface area contributed by atoms with Gasteiger partial charge >= 0.3 is 6.13 Å². The molecule has 0 aliphatic heterocycles. The Balaban J connectivity index is 0.000000265. The van der Waals surface area contributed by atoms with Crippen LogP contribution in [0.5, 0.6) is 0 Å². The topological polar surface area (TPSA) is 47.6 Å². The maximum atomic E-state index is 8.45. The SMILES string of the molecule is C1CC1.C1CC1.CCl.Cc1ccccc1.ClB(c1ccccc1)c1ccccc1.N#Cc1ccccc1C#N. The number of nitrogens with zero attached hydrogens (tertiary/aromatic N) is 2. The summed E-state index contributed by atoms with van der Waals surface area (Å²) in [5.41, 5.74) is 4.47. The molecule has 200 valence electrons. The van der Waals surface area contributed by atoms with Gasteiger partial charge in [0.25, 0.3) is 0 Å². The minimum atomic E-state index is -0.0441. The number of aryl methyl sites for hydroxylation is 1. The highest BCUT2D eigenvalue weighted by Crippen LogP contribution is 2.15. The average Bonchev–Trinajstić information content (AvgIpc) is 3.91. The summed E-state index contributed by atoms with van der Waals surface area (Å²) in [6, 6.07) is 41.0. The van der Waals surface area contributed by atoms with Crippen molar-refractivity contribution in [2.75, 3.05) is 6.38 Å². The van der Waals surface area contributed by atoms with Crippen LogP contribution in [0.1, 0.15) is 55.2 Å². The van der Waals surface area contributed by atoms with E-state index >= 15 is 0 Å². The molecule has 0 bridgehead atoms. The first-order chi connectivity index (χ1) is 19.2. The van der Waals surface area contributed by atoms with E-state index in [2.05, 4.69) is 30.7 Å². The molecule has 39 heavy (non-hydrogen) atoms. The van der Waals surface area contributed by atoms with E-state index in [1.54, 1.807) is 24.3 Å². The summed E-state index contributed by atoms with van der Waals surface area (Å²) in [6.45, 7) is 2.08. The third-order valence-electron chi connectivity index (χ3n) is 5.00. The van der Waals surface area contributed by atoms with Gasteiger partial charge in [0.2, 0.25) is 0 Å². The third kappa shape index (κ3) is 17.6. The standard InChI is InChI=1S/C12H10BCl.C8H4N2.C7H8.2C3H6.CH3Cl/c14-13(11-7-3-1-4-8-11)12-9-5-2-6-10-12;9-5-7-3-1-2-4-8(7)6-10;1-7-5-3-2-4-6-7;2*1-2-3-1;1-2/h1-10H;1-4H;2-6H,1H3;2*1-3H2;1H3. The number of alkyl halides is 1. The first-order valence-electron chi connectivity index (χ1n) is 13.2. The highest BCUT2D eigenvalue weighted by Gasteiger charge is 2.14. The van der Waals surface area contributed by atoms with E-state index in [4.69, 9.17) is 22.0 Å². The van der Waals surface area contributed by atoms with Crippen molar-refractivity contribution in [3.05, 3.63) is 132 Å². The monoisotopic (exact) mass is 554 g/mol. The second-order valence-electron chi connectivity index (χ2n) is 8.73. The summed E-state index contributed by atoms with van der Waals surface area (Å²) in [4.78, 5) is 0. The number of rotatable bonds is 2. The molecule has 0 atom stereocenters. The van der Waals surface area contributed by atoms with E-state index in [1.165, 1.54) is 50.5 Å². The van der Waals surface area contributed by atoms with Gasteiger partial charge in [0.15, 0.2) is 0 Å². The highest BCUT2D eigenvalue weighted by molar-refractivity contribution is 7.21. The van der Waals surface area contributed by atoms with Crippen molar-refractivity contribution in [2.24, 2.45) is 0 Å². The summed E-state index contributed by atoms with van der Waals surface area (Å²) in [7, 11) is 0. The molecule has 0 aromatic heterocycles. The Kier molecular flexibility index (Phi) is 19.3. The number of nitriles is 2. The smallest absolute Gasteiger partial charge is 0.192 e. The van der Waals surface area contributed by atoms with Crippen molar-refractivity contribution in [1.82, 2.24) is 0 Å². The van der Waals surface area contributed by atoms with Gasteiger partial charge in [-0.15, -0.1) is 11.6 Å². The van der Waals surface area contributed by atoms with E-state index in [0.717, 1.165) is 10.9 Å². The fourth-order valence-electron chi connectivity index (χ4n) is 2.65. The van der Waals surface area contributed by atoms with Crippen LogP contribution in [0.2, 0.25) is 0 Å². The van der Waals surface area contributed by atoms with Gasteiger partial charge in [-0.2, -0.15) is 22.0 Å². The first-order valence-corrected chi connectivity index (χ1v) is 14.4. The van der Waals surface area contributed by atoms with Crippen molar-refractivity contribution in [3.63, 3.8) is 0 Å². The molecule has 0 unspecified atom stereocenters. The van der Waals surface area contributed by atoms with Crippen LogP contribution < -0.4 is 10.9 Å². The van der Waals surface area contributed by atoms with Crippen molar-refractivity contribution in [2.45, 2.75) is 45.4 Å². The number of hydrogen-bond donors (Lipinski definition) is 0. The highest BCUT2D eigenvalue weighted by atomic mass is 35.5. The van der Waals surface area contributed by atoms with Crippen LogP contribution in [0.15, 0.2) is 115 Å². The molecule has 0 spiro atoms. The van der Waals surface area contributed by atoms with Crippen LogP contribution in [-0.4, -0.2) is 12.5 Å². The maximum absolute atomic E-state index is 8.45. The van der Waals surface area contributed by atoms with Crippen LogP contribution >= 0.6 is 23.1 Å². The molecule has 0 amide bonds. The molecule has 4 aromatic rings. The van der Waals surface area contributed by atoms with E-state index in [1.807, 2.05) is 91.0 Å². The van der Waals surface area contributed by atoms with Gasteiger partial charge in [-0.3, -0.25) is 0 Å². The van der Waals surface area contributed by atoms with Gasteiger partial charge in [0, 0.05) is 6.38 Å². The largest absolute Gasteiger partial charge is 0.315 e. The van der Waals surface area contributed by atoms with Gasteiger partial charge in [0.05, 0.1) is 11.1 Å². The number of hydrogen-bond acceptors (Lipinski definition) is 2. The molecule has 0 N–H and O–H groups in total. The molecule has 2 aliphatic carbocycles. The van der Waals surface area contributed by atoms with E-state index in [0.29, 0.717) is 11.1 Å². The summed E-state index contributed by atoms with van der Waals surface area (Å²) >= 11 is 11.0. The van der Waals surface area contributed by atoms with Crippen molar-refractivity contribution in [3.8, 4) is 12.1 Å². The third-order valence-corrected chi connectivity index (χ3v) is 5.50. The summed E-state index contributed by atoms with van der Waals surface area (Å²) in [5, 5.41) is 16.9. The second kappa shape index (κ2) is 22.5.